The summed E-state index contributed by atoms with van der Waals surface area (Å²) in [5, 5.41) is 8.87. The van der Waals surface area contributed by atoms with Crippen LogP contribution in [0.3, 0.4) is 0 Å². The standard InChI is InChI=1S/C19H24BFN2O6/c1-18(2)19(3,4)29-20(28-18)12-6-5-10-11(15(12)21)9-23(17(10)27)13(16(22)26)7-8-14(24)25/h5-6,13H,7-9H2,1-4H3,(H2,22,26)(H,24,25)/t13-/m0/s1. The van der Waals surface area contributed by atoms with Crippen LogP contribution in [0.2, 0.25) is 0 Å². The molecule has 3 N–H and O–H groups in total. The van der Waals surface area contributed by atoms with Gasteiger partial charge in [0.2, 0.25) is 5.91 Å². The quantitative estimate of drug-likeness (QED) is 0.675. The molecule has 2 amide bonds. The molecule has 0 saturated carbocycles. The Labute approximate surface area is 168 Å². The Balaban J connectivity index is 1.90. The van der Waals surface area contributed by atoms with Crippen LogP contribution in [0.4, 0.5) is 4.39 Å². The predicted molar refractivity (Wildman–Crippen MR) is 102 cm³/mol. The number of benzene rings is 1. The van der Waals surface area contributed by atoms with Gasteiger partial charge in [0.1, 0.15) is 11.9 Å². The number of carbonyl (C=O) groups excluding carboxylic acids is 2. The molecule has 1 saturated heterocycles. The summed E-state index contributed by atoms with van der Waals surface area (Å²) in [7, 11) is -0.937. The lowest BCUT2D eigenvalue weighted by atomic mass is 9.77. The second-order valence-electron chi connectivity index (χ2n) is 8.37. The molecule has 2 aliphatic heterocycles. The van der Waals surface area contributed by atoms with E-state index in [2.05, 4.69) is 0 Å². The predicted octanol–water partition coefficient (Wildman–Crippen LogP) is 0.799. The van der Waals surface area contributed by atoms with Gasteiger partial charge in [-0.2, -0.15) is 0 Å². The third-order valence-electron chi connectivity index (χ3n) is 5.94. The van der Waals surface area contributed by atoms with E-state index in [-0.39, 0.29) is 36.0 Å². The normalized spacial score (nSPS) is 20.7. The van der Waals surface area contributed by atoms with Crippen LogP contribution in [0.15, 0.2) is 12.1 Å². The highest BCUT2D eigenvalue weighted by atomic mass is 19.1. The van der Waals surface area contributed by atoms with Crippen LogP contribution in [0, 0.1) is 5.82 Å². The lowest BCUT2D eigenvalue weighted by Gasteiger charge is -2.32. The number of nitrogens with zero attached hydrogens (tertiary/aromatic N) is 1. The first-order chi connectivity index (χ1) is 13.4. The Morgan fingerprint density at radius 1 is 1.28 bits per heavy atom. The number of carboxylic acid groups (broad SMARTS) is 1. The molecule has 1 fully saturated rings. The first-order valence-corrected chi connectivity index (χ1v) is 9.34. The Morgan fingerprint density at radius 3 is 2.38 bits per heavy atom. The van der Waals surface area contributed by atoms with Crippen LogP contribution in [0.1, 0.15) is 56.5 Å². The monoisotopic (exact) mass is 406 g/mol. The molecule has 0 radical (unpaired) electrons. The van der Waals surface area contributed by atoms with Crippen molar-refractivity contribution in [2.24, 2.45) is 5.73 Å². The van der Waals surface area contributed by atoms with Gasteiger partial charge in [-0.3, -0.25) is 14.4 Å². The Kier molecular flexibility index (Phi) is 5.21. The van der Waals surface area contributed by atoms with Crippen LogP contribution in [0.25, 0.3) is 0 Å². The van der Waals surface area contributed by atoms with Crippen molar-refractivity contribution in [2.45, 2.75) is 64.3 Å². The summed E-state index contributed by atoms with van der Waals surface area (Å²) < 4.78 is 27.1. The van der Waals surface area contributed by atoms with E-state index in [1.54, 1.807) is 0 Å². The van der Waals surface area contributed by atoms with E-state index in [9.17, 15) is 14.4 Å². The molecule has 1 aromatic rings. The molecular formula is C19H24BFN2O6. The maximum atomic E-state index is 15.3. The zero-order valence-corrected chi connectivity index (χ0v) is 16.8. The SMILES string of the molecule is CC1(C)OB(c2ccc3c(c2F)CN([C@@H](CCC(=O)O)C(N)=O)C3=O)OC1(C)C. The molecule has 8 nitrogen and oxygen atoms in total. The fourth-order valence-electron chi connectivity index (χ4n) is 3.51. The minimum Gasteiger partial charge on any atom is -0.481 e. The largest absolute Gasteiger partial charge is 0.497 e. The highest BCUT2D eigenvalue weighted by molar-refractivity contribution is 6.62. The van der Waals surface area contributed by atoms with Crippen molar-refractivity contribution >= 4 is 30.4 Å². The third kappa shape index (κ3) is 3.62. The number of fused-ring (bicyclic) bond motifs is 1. The number of rotatable bonds is 6. The molecule has 0 aromatic heterocycles. The van der Waals surface area contributed by atoms with Gasteiger partial charge < -0.3 is 25.0 Å². The topological polar surface area (TPSA) is 119 Å². The lowest BCUT2D eigenvalue weighted by Crippen LogP contribution is -2.45. The zero-order valence-electron chi connectivity index (χ0n) is 16.8. The molecule has 2 aliphatic rings. The van der Waals surface area contributed by atoms with E-state index in [1.165, 1.54) is 12.1 Å². The van der Waals surface area contributed by atoms with Crippen molar-refractivity contribution in [2.75, 3.05) is 0 Å². The summed E-state index contributed by atoms with van der Waals surface area (Å²) in [5.74, 6) is -3.15. The van der Waals surface area contributed by atoms with Gasteiger partial charge >= 0.3 is 13.1 Å². The van der Waals surface area contributed by atoms with Crippen LogP contribution in [-0.4, -0.2) is 52.2 Å². The summed E-state index contributed by atoms with van der Waals surface area (Å²) in [6.07, 6.45) is -0.481. The summed E-state index contributed by atoms with van der Waals surface area (Å²) in [6.45, 7) is 7.22. The summed E-state index contributed by atoms with van der Waals surface area (Å²) in [6, 6.07) is 1.77. The van der Waals surface area contributed by atoms with Crippen molar-refractivity contribution < 1.29 is 33.2 Å². The fraction of sp³-hybridized carbons (Fsp3) is 0.526. The molecule has 0 aliphatic carbocycles. The van der Waals surface area contributed by atoms with Gasteiger partial charge in [-0.1, -0.05) is 6.07 Å². The van der Waals surface area contributed by atoms with Gasteiger partial charge in [0.15, 0.2) is 0 Å². The average Bonchev–Trinajstić information content (AvgIpc) is 3.02. The van der Waals surface area contributed by atoms with Crippen molar-refractivity contribution in [1.82, 2.24) is 4.90 Å². The van der Waals surface area contributed by atoms with Gasteiger partial charge in [0, 0.05) is 23.0 Å². The molecule has 1 aromatic carbocycles. The van der Waals surface area contributed by atoms with E-state index in [0.29, 0.717) is 0 Å². The second-order valence-corrected chi connectivity index (χ2v) is 8.37. The fourth-order valence-corrected chi connectivity index (χ4v) is 3.51. The second kappa shape index (κ2) is 7.10. The Morgan fingerprint density at radius 2 is 1.86 bits per heavy atom. The van der Waals surface area contributed by atoms with Gasteiger partial charge in [-0.05, 0) is 40.2 Å². The lowest BCUT2D eigenvalue weighted by molar-refractivity contribution is -0.137. The minimum absolute atomic E-state index is 0.115. The number of carbonyl (C=O) groups is 3. The number of hydrogen-bond donors (Lipinski definition) is 2. The number of hydrogen-bond acceptors (Lipinski definition) is 5. The highest BCUT2D eigenvalue weighted by Gasteiger charge is 2.53. The summed E-state index contributed by atoms with van der Waals surface area (Å²) >= 11 is 0. The van der Waals surface area contributed by atoms with Gasteiger partial charge in [-0.25, -0.2) is 4.39 Å². The summed E-state index contributed by atoms with van der Waals surface area (Å²) in [5.41, 5.74) is 4.45. The van der Waals surface area contributed by atoms with Crippen LogP contribution in [0.5, 0.6) is 0 Å². The van der Waals surface area contributed by atoms with Crippen LogP contribution < -0.4 is 11.2 Å². The van der Waals surface area contributed by atoms with Crippen molar-refractivity contribution in [3.05, 3.63) is 29.1 Å². The molecule has 0 bridgehead atoms. The highest BCUT2D eigenvalue weighted by Crippen LogP contribution is 2.37. The van der Waals surface area contributed by atoms with E-state index in [0.717, 1.165) is 4.90 Å². The maximum absolute atomic E-state index is 15.3. The Hall–Kier alpha value is -2.46. The number of carboxylic acids is 1. The average molecular weight is 406 g/mol. The molecule has 0 unspecified atom stereocenters. The number of aliphatic carboxylic acids is 1. The molecular weight excluding hydrogens is 382 g/mol. The van der Waals surface area contributed by atoms with Crippen molar-refractivity contribution in [3.63, 3.8) is 0 Å². The third-order valence-corrected chi connectivity index (χ3v) is 5.94. The molecule has 0 spiro atoms. The summed E-state index contributed by atoms with van der Waals surface area (Å²) in [4.78, 5) is 36.5. The van der Waals surface area contributed by atoms with E-state index < -0.39 is 48.0 Å². The van der Waals surface area contributed by atoms with E-state index in [1.807, 2.05) is 27.7 Å². The first kappa shape index (κ1) is 21.3. The van der Waals surface area contributed by atoms with E-state index >= 15 is 4.39 Å². The van der Waals surface area contributed by atoms with E-state index in [4.69, 9.17) is 20.1 Å². The molecule has 3 rings (SSSR count). The molecule has 156 valence electrons. The zero-order chi connectivity index (χ0) is 21.7. The van der Waals surface area contributed by atoms with Crippen molar-refractivity contribution in [1.29, 1.82) is 0 Å². The van der Waals surface area contributed by atoms with Gasteiger partial charge in [0.05, 0.1) is 17.7 Å². The smallest absolute Gasteiger partial charge is 0.481 e. The van der Waals surface area contributed by atoms with Crippen LogP contribution in [-0.2, 0) is 25.4 Å². The van der Waals surface area contributed by atoms with Crippen molar-refractivity contribution in [3.8, 4) is 0 Å². The number of nitrogens with two attached hydrogens (primary N) is 1. The van der Waals surface area contributed by atoms with Crippen LogP contribution >= 0.6 is 0 Å². The minimum atomic E-state index is -1.13. The molecule has 1 atom stereocenters. The first-order valence-electron chi connectivity index (χ1n) is 9.34. The maximum Gasteiger partial charge on any atom is 0.497 e. The number of halogens is 1. The number of amides is 2. The number of primary amides is 1. The van der Waals surface area contributed by atoms with Gasteiger partial charge in [-0.15, -0.1) is 0 Å². The molecule has 29 heavy (non-hydrogen) atoms. The van der Waals surface area contributed by atoms with Gasteiger partial charge in [0.25, 0.3) is 5.91 Å². The molecule has 2 heterocycles. The molecule has 10 heteroatoms. The Bertz CT molecular complexity index is 872.